The van der Waals surface area contributed by atoms with Crippen LogP contribution in [-0.4, -0.2) is 22.1 Å². The third-order valence-corrected chi connectivity index (χ3v) is 2.78. The molecule has 0 saturated heterocycles. The van der Waals surface area contributed by atoms with Gasteiger partial charge >= 0.3 is 12.0 Å². The van der Waals surface area contributed by atoms with Crippen LogP contribution < -0.4 is 11.1 Å². The first-order chi connectivity index (χ1) is 8.08. The van der Waals surface area contributed by atoms with Crippen LogP contribution in [0.15, 0.2) is 6.07 Å². The molecule has 1 aromatic heterocycles. The molecular weight excluding hydrogens is 222 g/mol. The van der Waals surface area contributed by atoms with Crippen molar-refractivity contribution in [1.29, 1.82) is 0 Å². The zero-order chi connectivity index (χ0) is 12.4. The lowest BCUT2D eigenvalue weighted by molar-refractivity contribution is 0.0690. The van der Waals surface area contributed by atoms with E-state index in [0.29, 0.717) is 5.69 Å². The van der Waals surface area contributed by atoms with Gasteiger partial charge < -0.3 is 16.2 Å². The number of aromatic carboxylic acids is 1. The predicted octanol–water partition coefficient (Wildman–Crippen LogP) is 1.15. The van der Waals surface area contributed by atoms with Crippen molar-refractivity contribution >= 4 is 17.7 Å². The Morgan fingerprint density at radius 2 is 2.06 bits per heavy atom. The molecule has 0 unspecified atom stereocenters. The third kappa shape index (κ3) is 2.35. The van der Waals surface area contributed by atoms with Crippen LogP contribution in [0.25, 0.3) is 0 Å². The Morgan fingerprint density at radius 3 is 2.71 bits per heavy atom. The van der Waals surface area contributed by atoms with E-state index in [-0.39, 0.29) is 5.69 Å². The first kappa shape index (κ1) is 11.4. The van der Waals surface area contributed by atoms with Crippen LogP contribution in [0, 0.1) is 0 Å². The highest BCUT2D eigenvalue weighted by Crippen LogP contribution is 2.27. The van der Waals surface area contributed by atoms with E-state index in [1.165, 1.54) is 6.07 Å². The molecule has 6 heteroatoms. The van der Waals surface area contributed by atoms with Crippen LogP contribution in [0.2, 0.25) is 0 Å². The second kappa shape index (κ2) is 4.40. The van der Waals surface area contributed by atoms with Crippen LogP contribution in [0.4, 0.5) is 10.5 Å². The summed E-state index contributed by atoms with van der Waals surface area (Å²) < 4.78 is 0. The van der Waals surface area contributed by atoms with Crippen molar-refractivity contribution in [3.05, 3.63) is 23.0 Å². The first-order valence-corrected chi connectivity index (χ1v) is 5.40. The molecule has 1 aliphatic rings. The van der Waals surface area contributed by atoms with Gasteiger partial charge in [0.05, 0.1) is 0 Å². The maximum absolute atomic E-state index is 10.9. The molecule has 0 spiro atoms. The molecule has 1 aliphatic carbocycles. The van der Waals surface area contributed by atoms with Gasteiger partial charge in [-0.15, -0.1) is 0 Å². The van der Waals surface area contributed by atoms with Gasteiger partial charge in [-0.1, -0.05) is 0 Å². The molecule has 0 radical (unpaired) electrons. The number of urea groups is 1. The van der Waals surface area contributed by atoms with E-state index in [0.717, 1.165) is 36.9 Å². The normalized spacial score (nSPS) is 13.9. The average Bonchev–Trinajstić information content (AvgIpc) is 2.28. The fourth-order valence-corrected chi connectivity index (χ4v) is 2.06. The predicted molar refractivity (Wildman–Crippen MR) is 61.0 cm³/mol. The molecule has 1 aromatic rings. The molecule has 1 heterocycles. The molecule has 0 atom stereocenters. The summed E-state index contributed by atoms with van der Waals surface area (Å²) in [6.07, 6.45) is 3.52. The van der Waals surface area contributed by atoms with Crippen molar-refractivity contribution in [2.75, 3.05) is 5.32 Å². The summed E-state index contributed by atoms with van der Waals surface area (Å²) in [6.45, 7) is 0. The molecule has 0 bridgehead atoms. The van der Waals surface area contributed by atoms with Crippen LogP contribution in [0.3, 0.4) is 0 Å². The Labute approximate surface area is 97.8 Å². The van der Waals surface area contributed by atoms with E-state index in [4.69, 9.17) is 10.8 Å². The van der Waals surface area contributed by atoms with Crippen LogP contribution >= 0.6 is 0 Å². The summed E-state index contributed by atoms with van der Waals surface area (Å²) in [4.78, 5) is 25.9. The summed E-state index contributed by atoms with van der Waals surface area (Å²) in [6, 6.07) is 0.664. The van der Waals surface area contributed by atoms with Crippen LogP contribution in [-0.2, 0) is 12.8 Å². The highest BCUT2D eigenvalue weighted by Gasteiger charge is 2.19. The number of pyridine rings is 1. The fraction of sp³-hybridized carbons (Fsp3) is 0.364. The minimum absolute atomic E-state index is 0.0607. The number of carbonyl (C=O) groups excluding carboxylic acids is 1. The number of aryl methyl sites for hydroxylation is 1. The van der Waals surface area contributed by atoms with Crippen molar-refractivity contribution in [3.63, 3.8) is 0 Å². The van der Waals surface area contributed by atoms with Gasteiger partial charge in [0.1, 0.15) is 0 Å². The van der Waals surface area contributed by atoms with Gasteiger partial charge in [-0.05, 0) is 37.3 Å². The summed E-state index contributed by atoms with van der Waals surface area (Å²) >= 11 is 0. The van der Waals surface area contributed by atoms with E-state index in [2.05, 4.69) is 10.3 Å². The van der Waals surface area contributed by atoms with Gasteiger partial charge in [-0.25, -0.2) is 14.6 Å². The second-order valence-corrected chi connectivity index (χ2v) is 3.98. The maximum atomic E-state index is 10.9. The Morgan fingerprint density at radius 1 is 1.35 bits per heavy atom. The second-order valence-electron chi connectivity index (χ2n) is 3.98. The number of carboxylic acids is 1. The summed E-state index contributed by atoms with van der Waals surface area (Å²) in [5.74, 6) is -1.11. The fourth-order valence-electron chi connectivity index (χ4n) is 2.06. The van der Waals surface area contributed by atoms with Gasteiger partial charge in [0, 0.05) is 11.4 Å². The third-order valence-electron chi connectivity index (χ3n) is 2.78. The molecule has 4 N–H and O–H groups in total. The van der Waals surface area contributed by atoms with Gasteiger partial charge in [-0.2, -0.15) is 0 Å². The summed E-state index contributed by atoms with van der Waals surface area (Å²) in [5.41, 5.74) is 7.13. The Kier molecular flexibility index (Phi) is 2.95. The number of aromatic nitrogens is 1. The van der Waals surface area contributed by atoms with E-state index in [1.807, 2.05) is 0 Å². The van der Waals surface area contributed by atoms with E-state index in [1.54, 1.807) is 0 Å². The number of amides is 2. The Balaban J connectivity index is 2.49. The molecule has 17 heavy (non-hydrogen) atoms. The van der Waals surface area contributed by atoms with E-state index >= 15 is 0 Å². The van der Waals surface area contributed by atoms with Crippen molar-refractivity contribution in [2.45, 2.75) is 25.7 Å². The maximum Gasteiger partial charge on any atom is 0.354 e. The van der Waals surface area contributed by atoms with Crippen LogP contribution in [0.1, 0.15) is 34.6 Å². The molecule has 0 aliphatic heterocycles. The smallest absolute Gasteiger partial charge is 0.354 e. The number of nitrogens with one attached hydrogen (secondary N) is 1. The zero-order valence-corrected chi connectivity index (χ0v) is 9.19. The molecule has 2 rings (SSSR count). The lowest BCUT2D eigenvalue weighted by Crippen LogP contribution is -2.22. The molecule has 90 valence electrons. The number of carboxylic acid groups (broad SMARTS) is 1. The Bertz CT molecular complexity index is 485. The van der Waals surface area contributed by atoms with Crippen LogP contribution in [0.5, 0.6) is 0 Å². The number of nitrogens with two attached hydrogens (primary N) is 1. The number of carbonyl (C=O) groups is 2. The summed E-state index contributed by atoms with van der Waals surface area (Å²) in [5, 5.41) is 11.4. The van der Waals surface area contributed by atoms with E-state index in [9.17, 15) is 9.59 Å². The minimum atomic E-state index is -1.11. The molecule has 2 amide bonds. The average molecular weight is 235 g/mol. The highest BCUT2D eigenvalue weighted by atomic mass is 16.4. The number of nitrogens with zero attached hydrogens (tertiary/aromatic N) is 1. The molecule has 0 fully saturated rings. The van der Waals surface area contributed by atoms with Gasteiger partial charge in [0.15, 0.2) is 5.69 Å². The van der Waals surface area contributed by atoms with Gasteiger partial charge in [0.25, 0.3) is 0 Å². The lowest BCUT2D eigenvalue weighted by Gasteiger charge is -2.19. The first-order valence-electron chi connectivity index (χ1n) is 5.40. The summed E-state index contributed by atoms with van der Waals surface area (Å²) in [7, 11) is 0. The SMILES string of the molecule is NC(=O)Nc1cc(C(=O)O)nc2c1CCCC2. The lowest BCUT2D eigenvalue weighted by atomic mass is 9.94. The standard InChI is InChI=1S/C11H13N3O3/c12-11(17)14-8-5-9(10(15)16)13-7-4-2-1-3-6(7)8/h5H,1-4H2,(H,15,16)(H3,12,13,14,17). The molecule has 0 aromatic carbocycles. The largest absolute Gasteiger partial charge is 0.477 e. The number of rotatable bonds is 2. The van der Waals surface area contributed by atoms with Gasteiger partial charge in [-0.3, -0.25) is 0 Å². The van der Waals surface area contributed by atoms with E-state index < -0.39 is 12.0 Å². The molecule has 6 nitrogen and oxygen atoms in total. The van der Waals surface area contributed by atoms with Crippen molar-refractivity contribution in [2.24, 2.45) is 5.73 Å². The molecule has 0 saturated carbocycles. The molecular formula is C11H13N3O3. The number of anilines is 1. The van der Waals surface area contributed by atoms with Crippen molar-refractivity contribution < 1.29 is 14.7 Å². The van der Waals surface area contributed by atoms with Gasteiger partial charge in [0.2, 0.25) is 0 Å². The number of primary amides is 1. The van der Waals surface area contributed by atoms with Crippen molar-refractivity contribution in [3.8, 4) is 0 Å². The Hall–Kier alpha value is -2.11. The zero-order valence-electron chi connectivity index (χ0n) is 9.19. The highest BCUT2D eigenvalue weighted by molar-refractivity contribution is 5.92. The van der Waals surface area contributed by atoms with Crippen molar-refractivity contribution in [1.82, 2.24) is 4.98 Å². The minimum Gasteiger partial charge on any atom is -0.477 e. The quantitative estimate of drug-likeness (QED) is 0.714. The monoisotopic (exact) mass is 235 g/mol. The number of fused-ring (bicyclic) bond motifs is 1. The number of hydrogen-bond donors (Lipinski definition) is 3. The topological polar surface area (TPSA) is 105 Å². The number of hydrogen-bond acceptors (Lipinski definition) is 3.